The Labute approximate surface area is 112 Å². The molecular formula is C14H15ClN2O. The molecule has 94 valence electrons. The fraction of sp³-hybridized carbons (Fsp3) is 0.214. The van der Waals surface area contributed by atoms with Gasteiger partial charge in [0.1, 0.15) is 11.4 Å². The summed E-state index contributed by atoms with van der Waals surface area (Å²) in [5.74, 6) is 0.669. The van der Waals surface area contributed by atoms with E-state index in [1.165, 1.54) is 0 Å². The lowest BCUT2D eigenvalue weighted by Gasteiger charge is -2.26. The molecule has 1 heterocycles. The van der Waals surface area contributed by atoms with Crippen LogP contribution in [0.4, 0.5) is 0 Å². The topological polar surface area (TPSA) is 48.1 Å². The Hall–Kier alpha value is -1.58. The van der Waals surface area contributed by atoms with E-state index < -0.39 is 5.54 Å². The van der Waals surface area contributed by atoms with Gasteiger partial charge in [0.2, 0.25) is 0 Å². The molecule has 1 aromatic heterocycles. The number of rotatable bonds is 3. The quantitative estimate of drug-likeness (QED) is 0.925. The first-order valence-electron chi connectivity index (χ1n) is 5.60. The predicted molar refractivity (Wildman–Crippen MR) is 72.9 cm³/mol. The molecule has 0 saturated carbocycles. The van der Waals surface area contributed by atoms with Crippen LogP contribution in [0.5, 0.6) is 5.75 Å². The summed E-state index contributed by atoms with van der Waals surface area (Å²) in [5.41, 5.74) is 7.24. The number of hydrogen-bond donors (Lipinski definition) is 1. The van der Waals surface area contributed by atoms with Gasteiger partial charge in [0.05, 0.1) is 12.6 Å². The molecule has 2 rings (SSSR count). The Bertz CT molecular complexity index is 555. The van der Waals surface area contributed by atoms with Crippen LogP contribution in [0.25, 0.3) is 0 Å². The number of nitrogens with zero attached hydrogens (tertiary/aromatic N) is 1. The maximum atomic E-state index is 6.40. The van der Waals surface area contributed by atoms with Crippen LogP contribution in [0.15, 0.2) is 42.6 Å². The van der Waals surface area contributed by atoms with Gasteiger partial charge in [0.15, 0.2) is 0 Å². The zero-order chi connectivity index (χ0) is 13.2. The van der Waals surface area contributed by atoms with E-state index in [-0.39, 0.29) is 0 Å². The van der Waals surface area contributed by atoms with Gasteiger partial charge < -0.3 is 10.5 Å². The van der Waals surface area contributed by atoms with Crippen molar-refractivity contribution >= 4 is 11.6 Å². The van der Waals surface area contributed by atoms with Gasteiger partial charge in [-0.25, -0.2) is 0 Å². The summed E-state index contributed by atoms with van der Waals surface area (Å²) in [4.78, 5) is 4.33. The first-order chi connectivity index (χ1) is 8.55. The lowest BCUT2D eigenvalue weighted by Crippen LogP contribution is -2.35. The summed E-state index contributed by atoms with van der Waals surface area (Å²) in [6.07, 6.45) is 1.70. The molecule has 18 heavy (non-hydrogen) atoms. The molecule has 1 unspecified atom stereocenters. The Morgan fingerprint density at radius 3 is 2.72 bits per heavy atom. The third kappa shape index (κ3) is 2.33. The van der Waals surface area contributed by atoms with Crippen molar-refractivity contribution in [1.29, 1.82) is 0 Å². The molecule has 0 aliphatic carbocycles. The highest BCUT2D eigenvalue weighted by Crippen LogP contribution is 2.32. The van der Waals surface area contributed by atoms with E-state index in [9.17, 15) is 0 Å². The molecule has 0 bridgehead atoms. The zero-order valence-electron chi connectivity index (χ0n) is 10.4. The van der Waals surface area contributed by atoms with Crippen molar-refractivity contribution in [2.45, 2.75) is 12.5 Å². The monoisotopic (exact) mass is 262 g/mol. The lowest BCUT2D eigenvalue weighted by atomic mass is 9.89. The molecule has 0 spiro atoms. The standard InChI is InChI=1S/C14H15ClN2O/c1-14(16,10-5-3-6-11(15)9-10)13-12(18-2)7-4-8-17-13/h3-9H,16H2,1-2H3. The van der Waals surface area contributed by atoms with Crippen LogP contribution in [0.1, 0.15) is 18.2 Å². The van der Waals surface area contributed by atoms with E-state index in [0.717, 1.165) is 5.56 Å². The van der Waals surface area contributed by atoms with Gasteiger partial charge in [-0.1, -0.05) is 23.7 Å². The van der Waals surface area contributed by atoms with Crippen molar-refractivity contribution < 1.29 is 4.74 Å². The van der Waals surface area contributed by atoms with Crippen LogP contribution in [0.2, 0.25) is 5.02 Å². The molecule has 2 aromatic rings. The van der Waals surface area contributed by atoms with Crippen molar-refractivity contribution in [2.24, 2.45) is 5.73 Å². The molecule has 0 aliphatic rings. The molecule has 4 heteroatoms. The minimum absolute atomic E-state index is 0.652. The van der Waals surface area contributed by atoms with Gasteiger partial charge in [-0.2, -0.15) is 0 Å². The molecule has 0 fully saturated rings. The van der Waals surface area contributed by atoms with Crippen molar-refractivity contribution in [3.8, 4) is 5.75 Å². The summed E-state index contributed by atoms with van der Waals surface area (Å²) in [6.45, 7) is 1.89. The zero-order valence-corrected chi connectivity index (χ0v) is 11.1. The third-order valence-corrected chi connectivity index (χ3v) is 3.14. The first-order valence-corrected chi connectivity index (χ1v) is 5.98. The highest BCUT2D eigenvalue weighted by molar-refractivity contribution is 6.30. The fourth-order valence-electron chi connectivity index (χ4n) is 1.89. The van der Waals surface area contributed by atoms with E-state index in [1.807, 2.05) is 43.3 Å². The van der Waals surface area contributed by atoms with Gasteiger partial charge in [-0.3, -0.25) is 4.98 Å². The summed E-state index contributed by atoms with van der Waals surface area (Å²) in [5, 5.41) is 0.652. The number of halogens is 1. The third-order valence-electron chi connectivity index (χ3n) is 2.91. The van der Waals surface area contributed by atoms with Gasteiger partial charge in [-0.05, 0) is 36.8 Å². The molecular weight excluding hydrogens is 248 g/mol. The highest BCUT2D eigenvalue weighted by atomic mass is 35.5. The highest BCUT2D eigenvalue weighted by Gasteiger charge is 2.28. The number of aromatic nitrogens is 1. The molecule has 1 atom stereocenters. The number of pyridine rings is 1. The maximum absolute atomic E-state index is 6.40. The van der Waals surface area contributed by atoms with Crippen molar-refractivity contribution in [3.63, 3.8) is 0 Å². The maximum Gasteiger partial charge on any atom is 0.142 e. The predicted octanol–water partition coefficient (Wildman–Crippen LogP) is 2.97. The van der Waals surface area contributed by atoms with Crippen LogP contribution in [0.3, 0.4) is 0 Å². The molecule has 1 aromatic carbocycles. The number of nitrogens with two attached hydrogens (primary N) is 1. The summed E-state index contributed by atoms with van der Waals surface area (Å²) in [6, 6.07) is 11.1. The molecule has 2 N–H and O–H groups in total. The number of hydrogen-bond acceptors (Lipinski definition) is 3. The second kappa shape index (κ2) is 4.96. The van der Waals surface area contributed by atoms with Gasteiger partial charge in [-0.15, -0.1) is 0 Å². The largest absolute Gasteiger partial charge is 0.495 e. The van der Waals surface area contributed by atoms with Gasteiger partial charge in [0.25, 0.3) is 0 Å². The number of benzene rings is 1. The molecule has 0 radical (unpaired) electrons. The molecule has 0 aliphatic heterocycles. The first kappa shape index (κ1) is 12.9. The van der Waals surface area contributed by atoms with E-state index >= 15 is 0 Å². The van der Waals surface area contributed by atoms with E-state index in [0.29, 0.717) is 16.5 Å². The van der Waals surface area contributed by atoms with Gasteiger partial charge in [0, 0.05) is 11.2 Å². The van der Waals surface area contributed by atoms with E-state index in [1.54, 1.807) is 13.3 Å². The SMILES string of the molecule is COc1cccnc1C(C)(N)c1cccc(Cl)c1. The lowest BCUT2D eigenvalue weighted by molar-refractivity contribution is 0.393. The second-order valence-electron chi connectivity index (χ2n) is 4.27. The van der Waals surface area contributed by atoms with Crippen LogP contribution in [0, 0.1) is 0 Å². The van der Waals surface area contributed by atoms with Crippen molar-refractivity contribution in [3.05, 3.63) is 58.9 Å². The smallest absolute Gasteiger partial charge is 0.142 e. The van der Waals surface area contributed by atoms with E-state index in [2.05, 4.69) is 4.98 Å². The van der Waals surface area contributed by atoms with Crippen LogP contribution >= 0.6 is 11.6 Å². The number of methoxy groups -OCH3 is 1. The van der Waals surface area contributed by atoms with Crippen LogP contribution in [-0.2, 0) is 5.54 Å². The van der Waals surface area contributed by atoms with Crippen LogP contribution in [-0.4, -0.2) is 12.1 Å². The Morgan fingerprint density at radius 1 is 1.28 bits per heavy atom. The average molecular weight is 263 g/mol. The second-order valence-corrected chi connectivity index (χ2v) is 4.70. The summed E-state index contributed by atoms with van der Waals surface area (Å²) in [7, 11) is 1.61. The minimum atomic E-state index is -0.752. The normalized spacial score (nSPS) is 14.0. The van der Waals surface area contributed by atoms with Crippen molar-refractivity contribution in [1.82, 2.24) is 4.98 Å². The van der Waals surface area contributed by atoms with Crippen LogP contribution < -0.4 is 10.5 Å². The Balaban J connectivity index is 2.54. The molecule has 0 saturated heterocycles. The Kier molecular flexibility index (Phi) is 3.55. The number of ether oxygens (including phenoxy) is 1. The van der Waals surface area contributed by atoms with E-state index in [4.69, 9.17) is 22.1 Å². The van der Waals surface area contributed by atoms with Crippen molar-refractivity contribution in [2.75, 3.05) is 7.11 Å². The molecule has 0 amide bonds. The fourth-order valence-corrected chi connectivity index (χ4v) is 2.08. The summed E-state index contributed by atoms with van der Waals surface area (Å²) >= 11 is 6.00. The average Bonchev–Trinajstić information content (AvgIpc) is 2.38. The summed E-state index contributed by atoms with van der Waals surface area (Å²) < 4.78 is 5.31. The van der Waals surface area contributed by atoms with Gasteiger partial charge >= 0.3 is 0 Å². The molecule has 3 nitrogen and oxygen atoms in total. The minimum Gasteiger partial charge on any atom is -0.495 e. The Morgan fingerprint density at radius 2 is 2.06 bits per heavy atom.